The zero-order valence-corrected chi connectivity index (χ0v) is 20.8. The molecule has 0 saturated carbocycles. The van der Waals surface area contributed by atoms with Crippen LogP contribution in [-0.4, -0.2) is 67.2 Å². The minimum atomic E-state index is -0.253. The van der Waals surface area contributed by atoms with Crippen molar-refractivity contribution in [3.63, 3.8) is 0 Å². The average molecular weight is 532 g/mol. The number of pyridine rings is 1. The highest BCUT2D eigenvalue weighted by molar-refractivity contribution is 14.0. The van der Waals surface area contributed by atoms with Gasteiger partial charge >= 0.3 is 0 Å². The third-order valence-corrected chi connectivity index (χ3v) is 5.98. The Hall–Kier alpha value is -1.16. The van der Waals surface area contributed by atoms with Crippen LogP contribution in [0.5, 0.6) is 0 Å². The van der Waals surface area contributed by atoms with Crippen LogP contribution in [0.3, 0.4) is 0 Å². The smallest absolute Gasteiger partial charge is 0.191 e. The zero-order chi connectivity index (χ0) is 20.5. The molecule has 3 heterocycles. The third-order valence-electron chi connectivity index (χ3n) is 5.98. The Balaban J connectivity index is 0.00000320. The summed E-state index contributed by atoms with van der Waals surface area (Å²) in [5.41, 5.74) is 0. The highest BCUT2D eigenvalue weighted by Crippen LogP contribution is 2.20. The molecule has 0 amide bonds. The van der Waals surface area contributed by atoms with Gasteiger partial charge < -0.3 is 20.4 Å². The van der Waals surface area contributed by atoms with Crippen molar-refractivity contribution in [1.82, 2.24) is 20.5 Å². The van der Waals surface area contributed by atoms with Gasteiger partial charge in [-0.2, -0.15) is 0 Å². The number of unbranched alkanes of at least 4 members (excludes halogenated alkanes) is 1. The summed E-state index contributed by atoms with van der Waals surface area (Å²) in [5.74, 6) is 1.06. The van der Waals surface area contributed by atoms with Crippen LogP contribution in [-0.2, 0) is 0 Å². The number of nitrogens with zero attached hydrogens (tertiary/aromatic N) is 4. The SMILES string of the molecule is CCNC(=NCCCCN1CCCCC1C)NC1CCN(c2ncccc2F)C1.I. The van der Waals surface area contributed by atoms with E-state index in [1.54, 1.807) is 12.3 Å². The van der Waals surface area contributed by atoms with E-state index >= 15 is 0 Å². The molecule has 1 aromatic heterocycles. The lowest BCUT2D eigenvalue weighted by molar-refractivity contribution is 0.158. The van der Waals surface area contributed by atoms with E-state index in [9.17, 15) is 4.39 Å². The minimum Gasteiger partial charge on any atom is -0.357 e. The third kappa shape index (κ3) is 7.51. The maximum absolute atomic E-state index is 14.0. The second kappa shape index (κ2) is 13.3. The van der Waals surface area contributed by atoms with E-state index in [1.165, 1.54) is 44.8 Å². The molecule has 8 heteroatoms. The molecule has 0 bridgehead atoms. The number of guanidine groups is 1. The number of piperidine rings is 1. The molecule has 1 aromatic rings. The van der Waals surface area contributed by atoms with Crippen LogP contribution in [0.4, 0.5) is 10.2 Å². The van der Waals surface area contributed by atoms with Crippen LogP contribution in [0, 0.1) is 5.82 Å². The number of anilines is 1. The quantitative estimate of drug-likeness (QED) is 0.232. The standard InChI is InChI=1S/C22H37FN6.HI/c1-3-24-22(26-12-5-7-15-28-14-6-4-9-18(28)2)27-19-11-16-29(17-19)21-20(23)10-8-13-25-21;/h8,10,13,18-19H,3-7,9,11-12,14-17H2,1-2H3,(H2,24,26,27);1H. The van der Waals surface area contributed by atoms with Gasteiger partial charge in [0.25, 0.3) is 0 Å². The highest BCUT2D eigenvalue weighted by atomic mass is 127. The summed E-state index contributed by atoms with van der Waals surface area (Å²) >= 11 is 0. The molecule has 2 fully saturated rings. The van der Waals surface area contributed by atoms with Gasteiger partial charge in [-0.3, -0.25) is 4.99 Å². The lowest BCUT2D eigenvalue weighted by atomic mass is 10.0. The number of rotatable bonds is 8. The van der Waals surface area contributed by atoms with Crippen molar-refractivity contribution < 1.29 is 4.39 Å². The van der Waals surface area contributed by atoms with Gasteiger partial charge in [0.15, 0.2) is 17.6 Å². The van der Waals surface area contributed by atoms with Gasteiger partial charge in [-0.05, 0) is 71.2 Å². The fourth-order valence-electron chi connectivity index (χ4n) is 4.30. The maximum Gasteiger partial charge on any atom is 0.191 e. The largest absolute Gasteiger partial charge is 0.357 e. The van der Waals surface area contributed by atoms with Crippen LogP contribution in [0.25, 0.3) is 0 Å². The van der Waals surface area contributed by atoms with Crippen molar-refractivity contribution in [2.24, 2.45) is 4.99 Å². The topological polar surface area (TPSA) is 55.8 Å². The molecule has 0 aliphatic carbocycles. The summed E-state index contributed by atoms with van der Waals surface area (Å²) < 4.78 is 14.0. The summed E-state index contributed by atoms with van der Waals surface area (Å²) in [4.78, 5) is 13.6. The highest BCUT2D eigenvalue weighted by Gasteiger charge is 2.26. The summed E-state index contributed by atoms with van der Waals surface area (Å²) in [6.45, 7) is 10.1. The number of hydrogen-bond donors (Lipinski definition) is 2. The van der Waals surface area contributed by atoms with E-state index in [0.29, 0.717) is 5.82 Å². The van der Waals surface area contributed by atoms with E-state index in [0.717, 1.165) is 51.0 Å². The second-order valence-corrected chi connectivity index (χ2v) is 8.23. The zero-order valence-electron chi connectivity index (χ0n) is 18.4. The van der Waals surface area contributed by atoms with E-state index in [2.05, 4.69) is 34.4 Å². The van der Waals surface area contributed by atoms with Crippen molar-refractivity contribution in [3.8, 4) is 0 Å². The normalized spacial score (nSPS) is 22.6. The Morgan fingerprint density at radius 1 is 1.27 bits per heavy atom. The van der Waals surface area contributed by atoms with Crippen LogP contribution in [0.2, 0.25) is 0 Å². The van der Waals surface area contributed by atoms with E-state index in [-0.39, 0.29) is 35.8 Å². The first-order valence-corrected chi connectivity index (χ1v) is 11.3. The van der Waals surface area contributed by atoms with Gasteiger partial charge in [0, 0.05) is 44.5 Å². The predicted octanol–water partition coefficient (Wildman–Crippen LogP) is 3.63. The van der Waals surface area contributed by atoms with Gasteiger partial charge in [-0.1, -0.05) is 6.42 Å². The van der Waals surface area contributed by atoms with Crippen molar-refractivity contribution in [1.29, 1.82) is 0 Å². The maximum atomic E-state index is 14.0. The molecule has 2 aliphatic heterocycles. The van der Waals surface area contributed by atoms with Crippen molar-refractivity contribution >= 4 is 35.8 Å². The second-order valence-electron chi connectivity index (χ2n) is 8.23. The Bertz CT molecular complexity index is 658. The lowest BCUT2D eigenvalue weighted by Gasteiger charge is -2.33. The Morgan fingerprint density at radius 3 is 2.90 bits per heavy atom. The molecular formula is C22H38FIN6. The monoisotopic (exact) mass is 532 g/mol. The van der Waals surface area contributed by atoms with Crippen molar-refractivity contribution in [2.45, 2.75) is 64.5 Å². The Morgan fingerprint density at radius 2 is 2.13 bits per heavy atom. The Labute approximate surface area is 198 Å². The molecule has 170 valence electrons. The number of nitrogens with one attached hydrogen (secondary N) is 2. The van der Waals surface area contributed by atoms with Crippen molar-refractivity contribution in [3.05, 3.63) is 24.1 Å². The fourth-order valence-corrected chi connectivity index (χ4v) is 4.30. The number of aliphatic imine (C=N–C) groups is 1. The molecule has 6 nitrogen and oxygen atoms in total. The molecule has 3 rings (SSSR count). The summed E-state index contributed by atoms with van der Waals surface area (Å²) in [5, 5.41) is 6.86. The number of likely N-dealkylation sites (tertiary alicyclic amines) is 1. The van der Waals surface area contributed by atoms with E-state index < -0.39 is 0 Å². The predicted molar refractivity (Wildman–Crippen MR) is 133 cm³/mol. The van der Waals surface area contributed by atoms with Gasteiger partial charge in [0.05, 0.1) is 0 Å². The van der Waals surface area contributed by atoms with E-state index in [4.69, 9.17) is 4.99 Å². The van der Waals surface area contributed by atoms with Gasteiger partial charge in [-0.25, -0.2) is 9.37 Å². The van der Waals surface area contributed by atoms with E-state index in [1.807, 2.05) is 4.90 Å². The minimum absolute atomic E-state index is 0. The molecule has 0 radical (unpaired) electrons. The first kappa shape index (κ1) is 25.1. The van der Waals surface area contributed by atoms with Crippen molar-refractivity contribution in [2.75, 3.05) is 44.2 Å². The number of halogens is 2. The first-order valence-electron chi connectivity index (χ1n) is 11.3. The lowest BCUT2D eigenvalue weighted by Crippen LogP contribution is -2.44. The fraction of sp³-hybridized carbons (Fsp3) is 0.727. The molecule has 2 unspecified atom stereocenters. The molecule has 2 saturated heterocycles. The summed E-state index contributed by atoms with van der Waals surface area (Å²) in [6.07, 6.45) is 8.97. The van der Waals surface area contributed by atoms with Gasteiger partial charge in [0.2, 0.25) is 0 Å². The molecule has 2 aliphatic rings. The molecule has 0 spiro atoms. The van der Waals surface area contributed by atoms with Gasteiger partial charge in [0.1, 0.15) is 0 Å². The summed E-state index contributed by atoms with van der Waals surface area (Å²) in [6, 6.07) is 4.09. The van der Waals surface area contributed by atoms with Crippen LogP contribution < -0.4 is 15.5 Å². The number of aromatic nitrogens is 1. The Kier molecular flexibility index (Phi) is 11.1. The van der Waals surface area contributed by atoms with Crippen LogP contribution in [0.15, 0.2) is 23.3 Å². The first-order chi connectivity index (χ1) is 14.2. The average Bonchev–Trinajstić information content (AvgIpc) is 3.17. The molecular weight excluding hydrogens is 494 g/mol. The molecule has 30 heavy (non-hydrogen) atoms. The molecule has 2 atom stereocenters. The van der Waals surface area contributed by atoms with Gasteiger partial charge in [-0.15, -0.1) is 24.0 Å². The molecule has 2 N–H and O–H groups in total. The number of hydrogen-bond acceptors (Lipinski definition) is 4. The van der Waals surface area contributed by atoms with Crippen LogP contribution >= 0.6 is 24.0 Å². The molecule has 0 aromatic carbocycles. The summed E-state index contributed by atoms with van der Waals surface area (Å²) in [7, 11) is 0. The van der Waals surface area contributed by atoms with Crippen LogP contribution in [0.1, 0.15) is 52.4 Å².